The molecule has 0 saturated heterocycles. The number of benzene rings is 2. The number of rotatable bonds is 2. The third-order valence-electron chi connectivity index (χ3n) is 5.39. The molecule has 0 spiro atoms. The Hall–Kier alpha value is -2.22. The lowest BCUT2D eigenvalue weighted by molar-refractivity contribution is 0.0797. The molecule has 2 aliphatic carbocycles. The van der Waals surface area contributed by atoms with Gasteiger partial charge in [0.05, 0.1) is 0 Å². The number of fused-ring (bicyclic) bond motifs is 2. The molecule has 2 heteroatoms. The Labute approximate surface area is 130 Å². The van der Waals surface area contributed by atoms with Crippen molar-refractivity contribution in [2.24, 2.45) is 17.8 Å². The van der Waals surface area contributed by atoms with Gasteiger partial charge >= 0.3 is 0 Å². The fraction of sp³-hybridized carbons (Fsp3) is 0.300. The summed E-state index contributed by atoms with van der Waals surface area (Å²) in [5, 5.41) is 0. The van der Waals surface area contributed by atoms with Crippen LogP contribution in [0.5, 0.6) is 0 Å². The van der Waals surface area contributed by atoms with Crippen LogP contribution < -0.4 is 0 Å². The highest BCUT2D eigenvalue weighted by atomic mass is 16.1. The molecule has 2 unspecified atom stereocenters. The van der Waals surface area contributed by atoms with E-state index < -0.39 is 0 Å². The molecule has 2 aromatic rings. The van der Waals surface area contributed by atoms with Crippen LogP contribution in [0.3, 0.4) is 0 Å². The van der Waals surface area contributed by atoms with E-state index in [2.05, 4.69) is 6.92 Å². The van der Waals surface area contributed by atoms with Crippen LogP contribution in [-0.4, -0.2) is 11.6 Å². The van der Waals surface area contributed by atoms with Crippen molar-refractivity contribution in [2.75, 3.05) is 0 Å². The minimum atomic E-state index is -0.0549. The Bertz CT molecular complexity index is 709. The van der Waals surface area contributed by atoms with Gasteiger partial charge in [0.2, 0.25) is 0 Å². The zero-order chi connectivity index (χ0) is 15.3. The lowest BCUT2D eigenvalue weighted by Crippen LogP contribution is -2.29. The van der Waals surface area contributed by atoms with Gasteiger partial charge in [-0.1, -0.05) is 55.5 Å². The lowest BCUT2D eigenvalue weighted by Gasteiger charge is -2.23. The number of carbonyl (C=O) groups is 2. The normalized spacial score (nSPS) is 24.2. The van der Waals surface area contributed by atoms with Crippen LogP contribution in [-0.2, 0) is 12.8 Å². The summed E-state index contributed by atoms with van der Waals surface area (Å²) in [5.74, 6) is 0.403. The van der Waals surface area contributed by atoms with Gasteiger partial charge in [-0.2, -0.15) is 0 Å². The molecule has 0 fully saturated rings. The molecular weight excluding hydrogens is 272 g/mol. The Kier molecular flexibility index (Phi) is 3.00. The molecule has 0 bridgehead atoms. The SMILES string of the molecule is CC(C1Cc2ccccc2C1=O)C1Cc2ccccc2C1=O. The second kappa shape index (κ2) is 4.91. The minimum absolute atomic E-state index is 0.0549. The zero-order valence-electron chi connectivity index (χ0n) is 12.6. The lowest BCUT2D eigenvalue weighted by atomic mass is 9.79. The van der Waals surface area contributed by atoms with E-state index in [-0.39, 0.29) is 29.3 Å². The number of hydrogen-bond acceptors (Lipinski definition) is 2. The van der Waals surface area contributed by atoms with Crippen LogP contribution >= 0.6 is 0 Å². The van der Waals surface area contributed by atoms with Crippen molar-refractivity contribution in [3.8, 4) is 0 Å². The van der Waals surface area contributed by atoms with E-state index in [0.29, 0.717) is 0 Å². The average molecular weight is 290 g/mol. The van der Waals surface area contributed by atoms with Gasteiger partial charge in [-0.25, -0.2) is 0 Å². The maximum absolute atomic E-state index is 12.7. The molecule has 0 heterocycles. The summed E-state index contributed by atoms with van der Waals surface area (Å²) in [6.07, 6.45) is 1.55. The molecular formula is C20H18O2. The first-order valence-corrected chi connectivity index (χ1v) is 7.91. The van der Waals surface area contributed by atoms with Crippen molar-refractivity contribution in [2.45, 2.75) is 19.8 Å². The van der Waals surface area contributed by atoms with E-state index in [1.54, 1.807) is 0 Å². The summed E-state index contributed by atoms with van der Waals surface area (Å²) in [6, 6.07) is 15.7. The van der Waals surface area contributed by atoms with Gasteiger partial charge in [0.1, 0.15) is 0 Å². The predicted molar refractivity (Wildman–Crippen MR) is 85.1 cm³/mol. The number of Topliss-reactive ketones (excluding diaryl/α,β-unsaturated/α-hetero) is 2. The Morgan fingerprint density at radius 2 is 1.18 bits per heavy atom. The molecule has 2 aromatic carbocycles. The Balaban J connectivity index is 1.61. The first-order chi connectivity index (χ1) is 10.7. The molecule has 2 aliphatic rings. The van der Waals surface area contributed by atoms with Crippen LogP contribution in [0.1, 0.15) is 38.8 Å². The number of carbonyl (C=O) groups excluding carboxylic acids is 2. The van der Waals surface area contributed by atoms with Gasteiger partial charge in [-0.05, 0) is 29.9 Å². The van der Waals surface area contributed by atoms with Crippen molar-refractivity contribution < 1.29 is 9.59 Å². The van der Waals surface area contributed by atoms with Crippen molar-refractivity contribution in [1.82, 2.24) is 0 Å². The molecule has 0 saturated carbocycles. The maximum Gasteiger partial charge on any atom is 0.166 e. The first-order valence-electron chi connectivity index (χ1n) is 7.91. The molecule has 22 heavy (non-hydrogen) atoms. The van der Waals surface area contributed by atoms with Gasteiger partial charge in [-0.15, -0.1) is 0 Å². The molecule has 0 aromatic heterocycles. The van der Waals surface area contributed by atoms with Gasteiger partial charge in [0.25, 0.3) is 0 Å². The summed E-state index contributed by atoms with van der Waals surface area (Å²) >= 11 is 0. The van der Waals surface area contributed by atoms with Crippen LogP contribution in [0.2, 0.25) is 0 Å². The predicted octanol–water partition coefficient (Wildman–Crippen LogP) is 3.73. The van der Waals surface area contributed by atoms with Crippen LogP contribution in [0.25, 0.3) is 0 Å². The molecule has 0 aliphatic heterocycles. The van der Waals surface area contributed by atoms with E-state index in [4.69, 9.17) is 0 Å². The Morgan fingerprint density at radius 1 is 0.773 bits per heavy atom. The van der Waals surface area contributed by atoms with Crippen molar-refractivity contribution in [1.29, 1.82) is 0 Å². The Morgan fingerprint density at radius 3 is 1.59 bits per heavy atom. The third kappa shape index (κ3) is 1.87. The highest BCUT2D eigenvalue weighted by molar-refractivity contribution is 6.05. The summed E-state index contributed by atoms with van der Waals surface area (Å²) in [5.41, 5.74) is 3.96. The first kappa shape index (κ1) is 13.4. The van der Waals surface area contributed by atoms with Gasteiger partial charge < -0.3 is 0 Å². The summed E-state index contributed by atoms with van der Waals surface area (Å²) < 4.78 is 0. The fourth-order valence-electron chi connectivity index (χ4n) is 4.07. The van der Waals surface area contributed by atoms with E-state index in [9.17, 15) is 9.59 Å². The molecule has 0 N–H and O–H groups in total. The largest absolute Gasteiger partial charge is 0.294 e. The van der Waals surface area contributed by atoms with E-state index >= 15 is 0 Å². The van der Waals surface area contributed by atoms with Crippen molar-refractivity contribution >= 4 is 11.6 Å². The van der Waals surface area contributed by atoms with Crippen molar-refractivity contribution in [3.05, 3.63) is 70.8 Å². The second-order valence-electron chi connectivity index (χ2n) is 6.52. The molecule has 110 valence electrons. The van der Waals surface area contributed by atoms with Crippen LogP contribution in [0.15, 0.2) is 48.5 Å². The third-order valence-corrected chi connectivity index (χ3v) is 5.39. The average Bonchev–Trinajstić information content (AvgIpc) is 3.06. The maximum atomic E-state index is 12.7. The van der Waals surface area contributed by atoms with Gasteiger partial charge in [0, 0.05) is 23.0 Å². The minimum Gasteiger partial charge on any atom is -0.294 e. The van der Waals surface area contributed by atoms with E-state index in [1.807, 2.05) is 48.5 Å². The monoisotopic (exact) mass is 290 g/mol. The summed E-state index contributed by atoms with van der Waals surface area (Å²) in [4.78, 5) is 25.3. The fourth-order valence-corrected chi connectivity index (χ4v) is 4.07. The molecule has 2 nitrogen and oxygen atoms in total. The quantitative estimate of drug-likeness (QED) is 0.844. The molecule has 4 rings (SSSR count). The van der Waals surface area contributed by atoms with Gasteiger partial charge in [0.15, 0.2) is 11.6 Å². The standard InChI is InChI=1S/C20H18O2/c1-12(17-10-13-6-2-4-8-15(13)19(17)21)18-11-14-7-3-5-9-16(14)20(18)22/h2-9,12,17-18H,10-11H2,1H3. The van der Waals surface area contributed by atoms with E-state index in [0.717, 1.165) is 35.1 Å². The second-order valence-corrected chi connectivity index (χ2v) is 6.52. The van der Waals surface area contributed by atoms with Crippen LogP contribution in [0, 0.1) is 17.8 Å². The highest BCUT2D eigenvalue weighted by Gasteiger charge is 2.42. The number of hydrogen-bond donors (Lipinski definition) is 0. The number of ketones is 2. The molecule has 0 radical (unpaired) electrons. The summed E-state index contributed by atoms with van der Waals surface area (Å²) in [6.45, 7) is 2.07. The molecule has 0 amide bonds. The molecule has 2 atom stereocenters. The topological polar surface area (TPSA) is 34.1 Å². The van der Waals surface area contributed by atoms with Crippen molar-refractivity contribution in [3.63, 3.8) is 0 Å². The van der Waals surface area contributed by atoms with Gasteiger partial charge in [-0.3, -0.25) is 9.59 Å². The summed E-state index contributed by atoms with van der Waals surface area (Å²) in [7, 11) is 0. The van der Waals surface area contributed by atoms with E-state index in [1.165, 1.54) is 0 Å². The smallest absolute Gasteiger partial charge is 0.166 e. The zero-order valence-corrected chi connectivity index (χ0v) is 12.6. The highest BCUT2D eigenvalue weighted by Crippen LogP contribution is 2.40. The van der Waals surface area contributed by atoms with Crippen LogP contribution in [0.4, 0.5) is 0 Å².